The van der Waals surface area contributed by atoms with Gasteiger partial charge >= 0.3 is 0 Å². The van der Waals surface area contributed by atoms with E-state index in [2.05, 4.69) is 22.6 Å². The first-order valence-corrected chi connectivity index (χ1v) is 7.21. The second-order valence-electron chi connectivity index (χ2n) is 4.94. The van der Waals surface area contributed by atoms with Crippen LogP contribution in [-0.2, 0) is 0 Å². The van der Waals surface area contributed by atoms with Crippen molar-refractivity contribution in [1.29, 1.82) is 5.26 Å². The topological polar surface area (TPSA) is 61.7 Å². The van der Waals surface area contributed by atoms with Crippen molar-refractivity contribution < 1.29 is 4.74 Å². The third-order valence-corrected chi connectivity index (χ3v) is 3.32. The van der Waals surface area contributed by atoms with E-state index in [1.54, 1.807) is 12.2 Å². The number of rotatable bonds is 5. The molecule has 0 amide bonds. The quantitative estimate of drug-likeness (QED) is 0.567. The molecule has 3 aromatic rings. The van der Waals surface area contributed by atoms with Crippen LogP contribution in [0.5, 0.6) is 5.75 Å². The van der Waals surface area contributed by atoms with Crippen LogP contribution < -0.4 is 4.74 Å². The summed E-state index contributed by atoms with van der Waals surface area (Å²) in [5, 5.41) is 9.42. The van der Waals surface area contributed by atoms with Crippen molar-refractivity contribution in [2.75, 3.05) is 6.61 Å². The van der Waals surface area contributed by atoms with E-state index in [4.69, 9.17) is 4.74 Å². The lowest BCUT2D eigenvalue weighted by Crippen LogP contribution is -1.92. The molecular formula is C19H15N3O. The van der Waals surface area contributed by atoms with Gasteiger partial charge in [0.2, 0.25) is 0 Å². The lowest BCUT2D eigenvalue weighted by atomic mass is 10.1. The maximum absolute atomic E-state index is 9.42. The molecule has 0 aliphatic carbocycles. The molecule has 0 aliphatic rings. The fourth-order valence-electron chi connectivity index (χ4n) is 2.22. The van der Waals surface area contributed by atoms with Gasteiger partial charge in [-0.2, -0.15) is 5.26 Å². The molecule has 4 nitrogen and oxygen atoms in total. The van der Waals surface area contributed by atoms with E-state index in [1.165, 1.54) is 0 Å². The molecule has 4 heteroatoms. The van der Waals surface area contributed by atoms with Crippen LogP contribution in [-0.4, -0.2) is 16.6 Å². The number of para-hydroxylation sites is 2. The Morgan fingerprint density at radius 3 is 2.70 bits per heavy atom. The van der Waals surface area contributed by atoms with Gasteiger partial charge in [-0.05, 0) is 35.9 Å². The monoisotopic (exact) mass is 301 g/mol. The highest BCUT2D eigenvalue weighted by atomic mass is 16.5. The van der Waals surface area contributed by atoms with E-state index in [9.17, 15) is 5.26 Å². The highest BCUT2D eigenvalue weighted by molar-refractivity contribution is 5.90. The van der Waals surface area contributed by atoms with Crippen molar-refractivity contribution in [3.05, 3.63) is 72.6 Å². The van der Waals surface area contributed by atoms with Gasteiger partial charge in [0.05, 0.1) is 16.6 Å². The van der Waals surface area contributed by atoms with Crippen LogP contribution in [0.25, 0.3) is 22.7 Å². The fourth-order valence-corrected chi connectivity index (χ4v) is 2.22. The molecule has 23 heavy (non-hydrogen) atoms. The first-order chi connectivity index (χ1) is 11.3. The zero-order chi connectivity index (χ0) is 16.1. The van der Waals surface area contributed by atoms with Crippen LogP contribution in [0, 0.1) is 11.3 Å². The van der Waals surface area contributed by atoms with Crippen LogP contribution in [0.4, 0.5) is 0 Å². The van der Waals surface area contributed by atoms with Gasteiger partial charge in [0.15, 0.2) is 0 Å². The van der Waals surface area contributed by atoms with E-state index in [0.717, 1.165) is 22.3 Å². The Hall–Kier alpha value is -3.32. The van der Waals surface area contributed by atoms with Gasteiger partial charge in [-0.1, -0.05) is 36.9 Å². The molecule has 2 aromatic carbocycles. The van der Waals surface area contributed by atoms with Gasteiger partial charge in [-0.15, -0.1) is 0 Å². The number of aromatic nitrogens is 2. The second-order valence-corrected chi connectivity index (χ2v) is 4.94. The number of benzene rings is 2. The molecule has 0 unspecified atom stereocenters. The second kappa shape index (κ2) is 6.63. The number of hydrogen-bond acceptors (Lipinski definition) is 3. The van der Waals surface area contributed by atoms with Crippen LogP contribution in [0.1, 0.15) is 11.4 Å². The number of fused-ring (bicyclic) bond motifs is 1. The zero-order valence-corrected chi connectivity index (χ0v) is 12.5. The molecule has 0 spiro atoms. The zero-order valence-electron chi connectivity index (χ0n) is 12.5. The highest BCUT2D eigenvalue weighted by Crippen LogP contribution is 2.20. The van der Waals surface area contributed by atoms with Gasteiger partial charge in [-0.3, -0.25) is 0 Å². The SMILES string of the molecule is C=CCOc1ccc(/C=C(/C#N)c2nc3ccccc3[nH]2)cc1. The molecule has 112 valence electrons. The summed E-state index contributed by atoms with van der Waals surface area (Å²) >= 11 is 0. The summed E-state index contributed by atoms with van der Waals surface area (Å²) in [7, 11) is 0. The largest absolute Gasteiger partial charge is 0.490 e. The van der Waals surface area contributed by atoms with Crippen molar-refractivity contribution in [3.63, 3.8) is 0 Å². The smallest absolute Gasteiger partial charge is 0.149 e. The predicted molar refractivity (Wildman–Crippen MR) is 91.7 cm³/mol. The van der Waals surface area contributed by atoms with Crippen LogP contribution >= 0.6 is 0 Å². The molecule has 3 rings (SSSR count). The van der Waals surface area contributed by atoms with Crippen LogP contribution in [0.15, 0.2) is 61.2 Å². The number of ether oxygens (including phenoxy) is 1. The first-order valence-electron chi connectivity index (χ1n) is 7.21. The Labute approximate surface area is 134 Å². The van der Waals surface area contributed by atoms with E-state index in [1.807, 2.05) is 48.5 Å². The van der Waals surface area contributed by atoms with Crippen molar-refractivity contribution in [3.8, 4) is 11.8 Å². The molecule has 1 N–H and O–H groups in total. The number of H-pyrrole nitrogens is 1. The Kier molecular flexibility index (Phi) is 4.21. The predicted octanol–water partition coefficient (Wildman–Crippen LogP) is 4.19. The Balaban J connectivity index is 1.89. The molecule has 0 saturated carbocycles. The van der Waals surface area contributed by atoms with Crippen LogP contribution in [0.2, 0.25) is 0 Å². The summed E-state index contributed by atoms with van der Waals surface area (Å²) in [5.41, 5.74) is 3.16. The summed E-state index contributed by atoms with van der Waals surface area (Å²) in [6, 6.07) is 17.4. The number of aromatic amines is 1. The van der Waals surface area contributed by atoms with Crippen molar-refractivity contribution >= 4 is 22.7 Å². The number of allylic oxidation sites excluding steroid dienone is 1. The lowest BCUT2D eigenvalue weighted by Gasteiger charge is -2.03. The maximum Gasteiger partial charge on any atom is 0.149 e. The number of nitrogens with one attached hydrogen (secondary N) is 1. The summed E-state index contributed by atoms with van der Waals surface area (Å²) < 4.78 is 5.44. The molecule has 0 saturated heterocycles. The third kappa shape index (κ3) is 3.30. The molecule has 0 fully saturated rings. The summed E-state index contributed by atoms with van der Waals surface area (Å²) in [6.07, 6.45) is 3.50. The molecular weight excluding hydrogens is 286 g/mol. The van der Waals surface area contributed by atoms with Crippen LogP contribution in [0.3, 0.4) is 0 Å². The third-order valence-electron chi connectivity index (χ3n) is 3.32. The summed E-state index contributed by atoms with van der Waals surface area (Å²) in [5.74, 6) is 1.34. The highest BCUT2D eigenvalue weighted by Gasteiger charge is 2.07. The Bertz CT molecular complexity index is 865. The number of nitriles is 1. The summed E-state index contributed by atoms with van der Waals surface area (Å²) in [4.78, 5) is 7.62. The lowest BCUT2D eigenvalue weighted by molar-refractivity contribution is 0.363. The molecule has 0 aliphatic heterocycles. The Morgan fingerprint density at radius 1 is 1.22 bits per heavy atom. The van der Waals surface area contributed by atoms with Gasteiger partial charge < -0.3 is 9.72 Å². The minimum absolute atomic E-state index is 0.470. The van der Waals surface area contributed by atoms with Gasteiger partial charge in [0.25, 0.3) is 0 Å². The van der Waals surface area contributed by atoms with E-state index in [-0.39, 0.29) is 0 Å². The Morgan fingerprint density at radius 2 is 2.00 bits per heavy atom. The van der Waals surface area contributed by atoms with Crippen molar-refractivity contribution in [2.45, 2.75) is 0 Å². The minimum Gasteiger partial charge on any atom is -0.490 e. The van der Waals surface area contributed by atoms with Crippen molar-refractivity contribution in [1.82, 2.24) is 9.97 Å². The van der Waals surface area contributed by atoms with Gasteiger partial charge in [-0.25, -0.2) is 4.98 Å². The average molecular weight is 301 g/mol. The molecule has 0 radical (unpaired) electrons. The maximum atomic E-state index is 9.42. The first kappa shape index (κ1) is 14.6. The normalized spacial score (nSPS) is 11.2. The van der Waals surface area contributed by atoms with E-state index in [0.29, 0.717) is 18.0 Å². The van der Waals surface area contributed by atoms with E-state index < -0.39 is 0 Å². The number of nitrogens with zero attached hydrogens (tertiary/aromatic N) is 2. The molecule has 1 aromatic heterocycles. The molecule has 0 atom stereocenters. The van der Waals surface area contributed by atoms with Gasteiger partial charge in [0.1, 0.15) is 24.3 Å². The number of hydrogen-bond donors (Lipinski definition) is 1. The standard InChI is InChI=1S/C19H15N3O/c1-2-11-23-16-9-7-14(8-10-16)12-15(13-20)19-21-17-5-3-4-6-18(17)22-19/h2-10,12H,1,11H2,(H,21,22)/b15-12-. The van der Waals surface area contributed by atoms with Gasteiger partial charge in [0, 0.05) is 0 Å². The molecule has 1 heterocycles. The average Bonchev–Trinajstić information content (AvgIpc) is 3.02. The summed E-state index contributed by atoms with van der Waals surface area (Å²) in [6.45, 7) is 4.08. The molecule has 0 bridgehead atoms. The fraction of sp³-hybridized carbons (Fsp3) is 0.0526. The minimum atomic E-state index is 0.470. The number of imidazole rings is 1. The van der Waals surface area contributed by atoms with E-state index >= 15 is 0 Å². The van der Waals surface area contributed by atoms with Crippen molar-refractivity contribution in [2.24, 2.45) is 0 Å².